The number of pyridine rings is 1. The number of aromatic amines is 1. The number of phenolic OH excluding ortho intramolecular Hbond substituents is 1. The number of aromatic nitrogens is 2. The first-order chi connectivity index (χ1) is 20.9. The molecule has 0 amide bonds. The van der Waals surface area contributed by atoms with Crippen LogP contribution in [-0.4, -0.2) is 57.2 Å². The Hall–Kier alpha value is -3.69. The number of H-pyrrole nitrogens is 1. The van der Waals surface area contributed by atoms with Crippen molar-refractivity contribution >= 4 is 17.4 Å². The number of hydrogen-bond acceptors (Lipinski definition) is 8. The molecule has 3 aromatic rings. The van der Waals surface area contributed by atoms with Crippen LogP contribution >= 0.6 is 0 Å². The zero-order chi connectivity index (χ0) is 31.0. The summed E-state index contributed by atoms with van der Waals surface area (Å²) >= 11 is 0. The highest BCUT2D eigenvalue weighted by atomic mass is 16.5. The Bertz CT molecular complexity index is 1280. The molecule has 43 heavy (non-hydrogen) atoms. The van der Waals surface area contributed by atoms with Crippen LogP contribution in [0.15, 0.2) is 48.8 Å². The van der Waals surface area contributed by atoms with Gasteiger partial charge in [-0.15, -0.1) is 0 Å². The summed E-state index contributed by atoms with van der Waals surface area (Å²) in [6, 6.07) is 11.0. The molecule has 0 aliphatic heterocycles. The number of hydrogen-bond donors (Lipinski definition) is 5. The van der Waals surface area contributed by atoms with E-state index < -0.39 is 5.92 Å². The summed E-state index contributed by atoms with van der Waals surface area (Å²) in [5.41, 5.74) is 9.11. The van der Waals surface area contributed by atoms with Crippen molar-refractivity contribution in [3.8, 4) is 11.5 Å². The first kappa shape index (κ1) is 33.8. The molecule has 2 unspecified atom stereocenters. The summed E-state index contributed by atoms with van der Waals surface area (Å²) < 4.78 is 5.51. The summed E-state index contributed by atoms with van der Waals surface area (Å²) in [4.78, 5) is 32.4. The van der Waals surface area contributed by atoms with E-state index in [4.69, 9.17) is 15.6 Å². The van der Waals surface area contributed by atoms with Gasteiger partial charge in [-0.05, 0) is 73.1 Å². The van der Waals surface area contributed by atoms with Gasteiger partial charge in [0.15, 0.2) is 11.5 Å². The highest BCUT2D eigenvalue weighted by Crippen LogP contribution is 2.43. The molecule has 3 rings (SSSR count). The number of benzene rings is 1. The fourth-order valence-electron chi connectivity index (χ4n) is 5.65. The molecule has 2 heterocycles. The van der Waals surface area contributed by atoms with Crippen molar-refractivity contribution < 1.29 is 29.6 Å². The van der Waals surface area contributed by atoms with Gasteiger partial charge in [-0.2, -0.15) is 0 Å². The van der Waals surface area contributed by atoms with Crippen molar-refractivity contribution in [3.05, 3.63) is 71.2 Å². The van der Waals surface area contributed by atoms with Crippen LogP contribution in [-0.2, 0) is 22.4 Å². The van der Waals surface area contributed by atoms with Crippen LogP contribution in [0.1, 0.15) is 92.5 Å². The summed E-state index contributed by atoms with van der Waals surface area (Å²) in [6.07, 6.45) is 11.8. The normalized spacial score (nSPS) is 12.6. The fraction of sp³-hybridized carbons (Fsp3) is 0.500. The van der Waals surface area contributed by atoms with Gasteiger partial charge in [-0.1, -0.05) is 38.2 Å². The minimum absolute atomic E-state index is 0.0281. The summed E-state index contributed by atoms with van der Waals surface area (Å²) in [5.74, 6) is -0.330. The number of aliphatic hydroxyl groups excluding tert-OH is 2. The number of Topliss-reactive ketones (excluding diaryl/α,β-unsaturated/α-hetero) is 2. The predicted octanol–water partition coefficient (Wildman–Crippen LogP) is 5.26. The number of anilines is 1. The number of aryl methyl sites for hydroxylation is 1. The Balaban J connectivity index is 1.70. The molecule has 0 radical (unpaired) electrons. The van der Waals surface area contributed by atoms with Gasteiger partial charge in [0.05, 0.1) is 13.5 Å². The molecule has 0 aliphatic rings. The number of nitrogens with zero attached hydrogens (tertiary/aromatic N) is 1. The molecule has 2 atom stereocenters. The lowest BCUT2D eigenvalue weighted by Gasteiger charge is -2.28. The predicted molar refractivity (Wildman–Crippen MR) is 167 cm³/mol. The first-order valence-corrected chi connectivity index (χ1v) is 15.3. The van der Waals surface area contributed by atoms with Crippen molar-refractivity contribution in [1.29, 1.82) is 0 Å². The van der Waals surface area contributed by atoms with E-state index in [-0.39, 0.29) is 55.0 Å². The van der Waals surface area contributed by atoms with Gasteiger partial charge in [0.2, 0.25) is 0 Å². The quantitative estimate of drug-likeness (QED) is 0.0826. The lowest BCUT2D eigenvalue weighted by Crippen LogP contribution is -2.22. The summed E-state index contributed by atoms with van der Waals surface area (Å²) in [5, 5.41) is 30.6. The Morgan fingerprint density at radius 1 is 0.977 bits per heavy atom. The first-order valence-electron chi connectivity index (χ1n) is 15.3. The van der Waals surface area contributed by atoms with E-state index in [1.807, 2.05) is 30.5 Å². The second-order valence-electron chi connectivity index (χ2n) is 11.3. The fourth-order valence-corrected chi connectivity index (χ4v) is 5.65. The molecular weight excluding hydrogens is 546 g/mol. The van der Waals surface area contributed by atoms with Crippen LogP contribution in [0.3, 0.4) is 0 Å². The minimum atomic E-state index is -0.445. The van der Waals surface area contributed by atoms with Gasteiger partial charge in [0.1, 0.15) is 17.4 Å². The third-order valence-electron chi connectivity index (χ3n) is 7.93. The Kier molecular flexibility index (Phi) is 14.2. The average Bonchev–Trinajstić information content (AvgIpc) is 3.51. The summed E-state index contributed by atoms with van der Waals surface area (Å²) in [6.45, 7) is 0.0899. The maximum atomic E-state index is 12.7. The number of phenols is 1. The van der Waals surface area contributed by atoms with Gasteiger partial charge in [0, 0.05) is 55.6 Å². The third kappa shape index (κ3) is 10.8. The molecule has 9 nitrogen and oxygen atoms in total. The van der Waals surface area contributed by atoms with Crippen LogP contribution in [0.2, 0.25) is 0 Å². The maximum Gasteiger partial charge on any atom is 0.161 e. The molecular formula is C34H47N3O6. The number of ether oxygens (including phenoxy) is 1. The van der Waals surface area contributed by atoms with E-state index >= 15 is 0 Å². The van der Waals surface area contributed by atoms with Gasteiger partial charge < -0.3 is 30.8 Å². The largest absolute Gasteiger partial charge is 0.504 e. The maximum absolute atomic E-state index is 12.7. The van der Waals surface area contributed by atoms with Crippen molar-refractivity contribution in [3.63, 3.8) is 0 Å². The number of nitrogens with one attached hydrogen (secondary N) is 1. The van der Waals surface area contributed by atoms with Gasteiger partial charge in [-0.3, -0.25) is 9.59 Å². The zero-order valence-electron chi connectivity index (χ0n) is 25.3. The van der Waals surface area contributed by atoms with Crippen LogP contribution in [0.4, 0.5) is 5.82 Å². The molecule has 0 fully saturated rings. The van der Waals surface area contributed by atoms with E-state index in [2.05, 4.69) is 9.97 Å². The summed E-state index contributed by atoms with van der Waals surface area (Å²) in [7, 11) is 1.48. The van der Waals surface area contributed by atoms with E-state index in [1.165, 1.54) is 7.11 Å². The number of methoxy groups -OCH3 is 1. The number of ketones is 2. The van der Waals surface area contributed by atoms with E-state index in [9.17, 15) is 19.8 Å². The van der Waals surface area contributed by atoms with Gasteiger partial charge in [0.25, 0.3) is 0 Å². The van der Waals surface area contributed by atoms with Crippen LogP contribution in [0, 0.1) is 5.92 Å². The molecule has 0 saturated heterocycles. The minimum Gasteiger partial charge on any atom is -0.504 e. The van der Waals surface area contributed by atoms with Gasteiger partial charge in [-0.25, -0.2) is 4.98 Å². The van der Waals surface area contributed by atoms with Crippen molar-refractivity contribution in [1.82, 2.24) is 9.97 Å². The smallest absolute Gasteiger partial charge is 0.161 e. The Labute approximate surface area is 254 Å². The standard InChI is InChI=1S/C34H47N3O6/c1-43-31-19-24(12-13-29(41)22-28(40)11-7-5-3-2-4-6-8-17-38)18-30(34(31)42)33(25-14-16-37-32(35)21-25)26(23-39)20-27-10-9-15-36-27/h9-10,14-16,18-19,21,26,33,36,38-39,42H,2-8,11-13,17,20,22-23H2,1H3,(H2,35,37). The number of carbonyl (C=O) groups is 2. The SMILES string of the molecule is COc1cc(CCC(=O)CC(=O)CCCCCCCCCO)cc(C(c2ccnc(N)c2)C(CO)Cc2ccc[nH]2)c1O. The topological polar surface area (TPSA) is 159 Å². The number of unbranched alkanes of at least 4 members (excludes halogenated alkanes) is 6. The monoisotopic (exact) mass is 593 g/mol. The number of nitrogen functional groups attached to an aromatic ring is 1. The molecule has 0 saturated carbocycles. The third-order valence-corrected chi connectivity index (χ3v) is 7.93. The molecule has 0 aliphatic carbocycles. The molecule has 0 spiro atoms. The molecule has 1 aromatic carbocycles. The van der Waals surface area contributed by atoms with Crippen molar-refractivity contribution in [2.75, 3.05) is 26.1 Å². The number of aromatic hydroxyl groups is 1. The Morgan fingerprint density at radius 3 is 2.35 bits per heavy atom. The number of aliphatic hydroxyl groups is 2. The zero-order valence-corrected chi connectivity index (χ0v) is 25.3. The average molecular weight is 594 g/mol. The lowest BCUT2D eigenvalue weighted by atomic mass is 9.78. The molecule has 0 bridgehead atoms. The lowest BCUT2D eigenvalue weighted by molar-refractivity contribution is -0.127. The highest BCUT2D eigenvalue weighted by molar-refractivity contribution is 5.99. The van der Waals surface area contributed by atoms with E-state index in [0.29, 0.717) is 30.6 Å². The van der Waals surface area contributed by atoms with E-state index in [0.717, 1.165) is 61.8 Å². The second-order valence-corrected chi connectivity index (χ2v) is 11.3. The van der Waals surface area contributed by atoms with E-state index in [1.54, 1.807) is 18.3 Å². The molecule has 9 heteroatoms. The number of nitrogens with two attached hydrogens (primary N) is 1. The van der Waals surface area contributed by atoms with Crippen molar-refractivity contribution in [2.45, 2.75) is 83.0 Å². The second kappa shape index (κ2) is 18.1. The Morgan fingerprint density at radius 2 is 1.70 bits per heavy atom. The molecule has 6 N–H and O–H groups in total. The highest BCUT2D eigenvalue weighted by Gasteiger charge is 2.30. The molecule has 2 aromatic heterocycles. The van der Waals surface area contributed by atoms with Gasteiger partial charge >= 0.3 is 0 Å². The van der Waals surface area contributed by atoms with Crippen molar-refractivity contribution in [2.24, 2.45) is 5.92 Å². The van der Waals surface area contributed by atoms with Crippen LogP contribution in [0.25, 0.3) is 0 Å². The van der Waals surface area contributed by atoms with Crippen LogP contribution in [0.5, 0.6) is 11.5 Å². The number of carbonyl (C=O) groups excluding carboxylic acids is 2. The number of rotatable bonds is 21. The van der Waals surface area contributed by atoms with Crippen LogP contribution < -0.4 is 10.5 Å². The molecule has 234 valence electrons.